The molecule has 0 atom stereocenters. The summed E-state index contributed by atoms with van der Waals surface area (Å²) in [6, 6.07) is 22.0. The zero-order valence-electron chi connectivity index (χ0n) is 18.5. The first-order chi connectivity index (χ1) is 15.1. The van der Waals surface area contributed by atoms with Crippen molar-refractivity contribution in [3.63, 3.8) is 0 Å². The van der Waals surface area contributed by atoms with Gasteiger partial charge in [0.05, 0.1) is 0 Å². The molecule has 3 rings (SSSR count). The van der Waals surface area contributed by atoms with Crippen LogP contribution in [0.1, 0.15) is 51.4 Å². The molecule has 0 radical (unpaired) electrons. The standard InChI is InChI=1S/C26H35N2O2P/c1-28-22-25(21-27-28)31(23-15-9-7-10-16-23,24-17-11-8-12-18-24)20-14-6-4-2-3-5-13-19-26(29)30/h7-12,15-18,21-22,31H,2-6,13-14,19-20H2,1H3,(H,29,30). The number of unbranched alkanes of at least 4 members (excludes halogenated alkanes) is 6. The molecule has 0 saturated heterocycles. The zero-order valence-corrected chi connectivity index (χ0v) is 19.5. The fourth-order valence-electron chi connectivity index (χ4n) is 4.57. The molecule has 3 aromatic rings. The topological polar surface area (TPSA) is 55.1 Å². The van der Waals surface area contributed by atoms with Crippen molar-refractivity contribution >= 4 is 29.1 Å². The van der Waals surface area contributed by atoms with Crippen molar-refractivity contribution in [2.24, 2.45) is 7.05 Å². The molecule has 0 aliphatic heterocycles. The van der Waals surface area contributed by atoms with Crippen molar-refractivity contribution in [3.8, 4) is 0 Å². The van der Waals surface area contributed by atoms with Crippen LogP contribution in [-0.4, -0.2) is 27.0 Å². The first-order valence-electron chi connectivity index (χ1n) is 11.4. The number of rotatable bonds is 13. The Kier molecular flexibility index (Phi) is 8.85. The van der Waals surface area contributed by atoms with Crippen LogP contribution in [0.2, 0.25) is 0 Å². The van der Waals surface area contributed by atoms with E-state index in [0.717, 1.165) is 19.3 Å². The van der Waals surface area contributed by atoms with Crippen LogP contribution in [0.15, 0.2) is 73.1 Å². The second kappa shape index (κ2) is 11.8. The molecular weight excluding hydrogens is 403 g/mol. The molecule has 0 aliphatic rings. The minimum atomic E-state index is -2.15. The van der Waals surface area contributed by atoms with Crippen LogP contribution < -0.4 is 15.9 Å². The Morgan fingerprint density at radius 1 is 0.806 bits per heavy atom. The molecule has 0 fully saturated rings. The van der Waals surface area contributed by atoms with Crippen LogP contribution in [0.25, 0.3) is 0 Å². The van der Waals surface area contributed by atoms with E-state index in [9.17, 15) is 4.79 Å². The molecule has 0 unspecified atom stereocenters. The Morgan fingerprint density at radius 2 is 1.32 bits per heavy atom. The molecule has 0 aliphatic carbocycles. The van der Waals surface area contributed by atoms with E-state index in [-0.39, 0.29) is 0 Å². The SMILES string of the molecule is Cn1cc([PH](CCCCCCCCCC(=O)O)(c2ccccc2)c2ccccc2)cn1. The maximum atomic E-state index is 10.6. The summed E-state index contributed by atoms with van der Waals surface area (Å²) in [5.74, 6) is -0.682. The molecule has 31 heavy (non-hydrogen) atoms. The van der Waals surface area contributed by atoms with Crippen LogP contribution in [0.5, 0.6) is 0 Å². The summed E-state index contributed by atoms with van der Waals surface area (Å²) >= 11 is 0. The summed E-state index contributed by atoms with van der Waals surface area (Å²) in [6.45, 7) is 0. The number of nitrogens with zero attached hydrogens (tertiary/aromatic N) is 2. The van der Waals surface area contributed by atoms with Crippen molar-refractivity contribution in [3.05, 3.63) is 73.1 Å². The summed E-state index contributed by atoms with van der Waals surface area (Å²) in [4.78, 5) is 10.6. The van der Waals surface area contributed by atoms with Crippen molar-refractivity contribution in [1.82, 2.24) is 9.78 Å². The normalized spacial score (nSPS) is 12.0. The maximum absolute atomic E-state index is 10.6. The van der Waals surface area contributed by atoms with Gasteiger partial charge in [-0.25, -0.2) is 0 Å². The van der Waals surface area contributed by atoms with Gasteiger partial charge in [0.25, 0.3) is 0 Å². The van der Waals surface area contributed by atoms with Crippen molar-refractivity contribution in [2.75, 3.05) is 6.16 Å². The van der Waals surface area contributed by atoms with E-state index in [0.29, 0.717) is 6.42 Å². The van der Waals surface area contributed by atoms with Gasteiger partial charge in [-0.3, -0.25) is 0 Å². The summed E-state index contributed by atoms with van der Waals surface area (Å²) in [5, 5.41) is 17.6. The van der Waals surface area contributed by atoms with E-state index >= 15 is 0 Å². The van der Waals surface area contributed by atoms with Gasteiger partial charge in [-0.15, -0.1) is 0 Å². The zero-order chi connectivity index (χ0) is 21.9. The third kappa shape index (κ3) is 6.27. The predicted molar refractivity (Wildman–Crippen MR) is 133 cm³/mol. The van der Waals surface area contributed by atoms with Crippen molar-refractivity contribution in [2.45, 2.75) is 51.4 Å². The van der Waals surface area contributed by atoms with Crippen LogP contribution in [-0.2, 0) is 11.8 Å². The van der Waals surface area contributed by atoms with Gasteiger partial charge in [-0.05, 0) is 0 Å². The number of aryl methyl sites for hydroxylation is 1. The molecule has 0 saturated carbocycles. The van der Waals surface area contributed by atoms with E-state index in [1.54, 1.807) is 0 Å². The van der Waals surface area contributed by atoms with Crippen LogP contribution in [0.3, 0.4) is 0 Å². The summed E-state index contributed by atoms with van der Waals surface area (Å²) in [7, 11) is -0.142. The minimum absolute atomic E-state index is 0.299. The van der Waals surface area contributed by atoms with Crippen molar-refractivity contribution in [1.29, 1.82) is 0 Å². The molecular formula is C26H35N2O2P. The predicted octanol–water partition coefficient (Wildman–Crippen LogP) is 4.65. The number of carboxylic acids is 1. The van der Waals surface area contributed by atoms with Crippen molar-refractivity contribution < 1.29 is 9.90 Å². The first kappa shape index (κ1) is 23.2. The van der Waals surface area contributed by atoms with Gasteiger partial charge < -0.3 is 0 Å². The van der Waals surface area contributed by atoms with Gasteiger partial charge in [0.15, 0.2) is 0 Å². The fourth-order valence-corrected chi connectivity index (χ4v) is 9.42. The quantitative estimate of drug-likeness (QED) is 0.312. The van der Waals surface area contributed by atoms with E-state index in [4.69, 9.17) is 5.11 Å². The Hall–Kier alpha value is -2.45. The number of aromatic nitrogens is 2. The fraction of sp³-hybridized carbons (Fsp3) is 0.385. The van der Waals surface area contributed by atoms with Gasteiger partial charge in [-0.1, -0.05) is 0 Å². The summed E-state index contributed by atoms with van der Waals surface area (Å²) in [5.41, 5.74) is 0. The molecule has 4 nitrogen and oxygen atoms in total. The number of carbonyl (C=O) groups is 1. The third-order valence-electron chi connectivity index (χ3n) is 6.17. The molecule has 166 valence electrons. The molecule has 1 aromatic heterocycles. The monoisotopic (exact) mass is 438 g/mol. The Morgan fingerprint density at radius 3 is 1.81 bits per heavy atom. The number of benzene rings is 2. The van der Waals surface area contributed by atoms with Crippen LogP contribution >= 0.6 is 7.26 Å². The van der Waals surface area contributed by atoms with E-state index in [2.05, 4.69) is 78.2 Å². The Balaban J connectivity index is 1.72. The molecule has 0 bridgehead atoms. The number of carboxylic acid groups (broad SMARTS) is 1. The van der Waals surface area contributed by atoms with Crippen LogP contribution in [0.4, 0.5) is 0 Å². The van der Waals surface area contributed by atoms with Gasteiger partial charge in [0.1, 0.15) is 0 Å². The second-order valence-corrected chi connectivity index (χ2v) is 12.5. The van der Waals surface area contributed by atoms with E-state index < -0.39 is 13.2 Å². The van der Waals surface area contributed by atoms with Crippen LogP contribution in [0, 0.1) is 0 Å². The summed E-state index contributed by atoms with van der Waals surface area (Å²) in [6.07, 6.45) is 13.5. The summed E-state index contributed by atoms with van der Waals surface area (Å²) < 4.78 is 1.93. The molecule has 1 N–H and O–H groups in total. The second-order valence-electron chi connectivity index (χ2n) is 8.41. The molecule has 2 aromatic carbocycles. The van der Waals surface area contributed by atoms with E-state index in [1.165, 1.54) is 47.8 Å². The third-order valence-corrected chi connectivity index (χ3v) is 11.2. The number of hydrogen-bond acceptors (Lipinski definition) is 2. The van der Waals surface area contributed by atoms with Gasteiger partial charge in [-0.2, -0.15) is 0 Å². The Labute approximate surface area is 186 Å². The van der Waals surface area contributed by atoms with Gasteiger partial charge >= 0.3 is 186 Å². The average Bonchev–Trinajstić information content (AvgIpc) is 3.23. The van der Waals surface area contributed by atoms with Gasteiger partial charge in [0, 0.05) is 0 Å². The Bertz CT molecular complexity index is 885. The number of hydrogen-bond donors (Lipinski definition) is 1. The van der Waals surface area contributed by atoms with E-state index in [1.807, 2.05) is 11.7 Å². The average molecular weight is 439 g/mol. The molecule has 1 heterocycles. The molecule has 0 spiro atoms. The first-order valence-corrected chi connectivity index (χ1v) is 13.7. The van der Waals surface area contributed by atoms with Gasteiger partial charge in [0.2, 0.25) is 0 Å². The molecule has 5 heteroatoms. The number of aliphatic carboxylic acids is 1. The molecule has 0 amide bonds.